The van der Waals surface area contributed by atoms with Crippen molar-refractivity contribution >= 4 is 11.7 Å². The molecule has 1 fully saturated rings. The summed E-state index contributed by atoms with van der Waals surface area (Å²) >= 11 is 0. The Balaban J connectivity index is 1.66. The van der Waals surface area contributed by atoms with Crippen molar-refractivity contribution in [1.82, 2.24) is 5.32 Å². The second kappa shape index (κ2) is 7.33. The first-order valence-corrected chi connectivity index (χ1v) is 6.79. The van der Waals surface area contributed by atoms with Gasteiger partial charge in [-0.25, -0.2) is 13.6 Å². The number of benzene rings is 1. The van der Waals surface area contributed by atoms with Crippen molar-refractivity contribution in [3.63, 3.8) is 0 Å². The Labute approximate surface area is 121 Å². The van der Waals surface area contributed by atoms with E-state index in [1.165, 1.54) is 12.8 Å². The molecule has 5 nitrogen and oxygen atoms in total. The third kappa shape index (κ3) is 6.05. The maximum Gasteiger partial charge on any atom is 0.319 e. The van der Waals surface area contributed by atoms with Crippen LogP contribution in [0.25, 0.3) is 0 Å². The molecule has 3 N–H and O–H groups in total. The van der Waals surface area contributed by atoms with Gasteiger partial charge >= 0.3 is 6.03 Å². The quantitative estimate of drug-likeness (QED) is 0.720. The van der Waals surface area contributed by atoms with Gasteiger partial charge in [0.05, 0.1) is 12.7 Å². The van der Waals surface area contributed by atoms with Crippen molar-refractivity contribution in [2.24, 2.45) is 5.92 Å². The molecular weight excluding hydrogens is 282 g/mol. The molecule has 1 aliphatic rings. The van der Waals surface area contributed by atoms with E-state index in [-0.39, 0.29) is 18.8 Å². The molecule has 0 spiro atoms. The minimum absolute atomic E-state index is 0.00414. The smallest absolute Gasteiger partial charge is 0.319 e. The highest BCUT2D eigenvalue weighted by Crippen LogP contribution is 2.28. The number of hydrogen-bond donors (Lipinski definition) is 3. The lowest BCUT2D eigenvalue weighted by Crippen LogP contribution is -2.37. The topological polar surface area (TPSA) is 70.6 Å². The predicted molar refractivity (Wildman–Crippen MR) is 72.9 cm³/mol. The Morgan fingerprint density at radius 3 is 2.62 bits per heavy atom. The number of aliphatic hydroxyl groups excluding tert-OH is 1. The minimum atomic E-state index is -0.821. The average Bonchev–Trinajstić information content (AvgIpc) is 3.19. The molecule has 116 valence electrons. The molecule has 0 radical (unpaired) electrons. The number of rotatable bonds is 7. The summed E-state index contributed by atoms with van der Waals surface area (Å²) in [7, 11) is 0. The van der Waals surface area contributed by atoms with Gasteiger partial charge in [0.2, 0.25) is 0 Å². The van der Waals surface area contributed by atoms with Gasteiger partial charge in [0, 0.05) is 24.9 Å². The third-order valence-electron chi connectivity index (χ3n) is 2.98. The van der Waals surface area contributed by atoms with Gasteiger partial charge in [-0.2, -0.15) is 0 Å². The molecule has 0 bridgehead atoms. The minimum Gasteiger partial charge on any atom is -0.389 e. The number of amides is 2. The van der Waals surface area contributed by atoms with Crippen LogP contribution < -0.4 is 10.6 Å². The number of carbonyl (C=O) groups excluding carboxylic acids is 1. The van der Waals surface area contributed by atoms with Crippen LogP contribution in [0.1, 0.15) is 12.8 Å². The van der Waals surface area contributed by atoms with Crippen molar-refractivity contribution in [2.45, 2.75) is 18.9 Å². The maximum atomic E-state index is 12.9. The molecule has 1 aromatic rings. The largest absolute Gasteiger partial charge is 0.389 e. The molecule has 0 aliphatic heterocycles. The van der Waals surface area contributed by atoms with E-state index in [0.29, 0.717) is 18.6 Å². The van der Waals surface area contributed by atoms with Gasteiger partial charge in [0.15, 0.2) is 0 Å². The molecule has 0 saturated heterocycles. The van der Waals surface area contributed by atoms with Crippen LogP contribution in [0.15, 0.2) is 18.2 Å². The van der Waals surface area contributed by atoms with Crippen molar-refractivity contribution in [2.75, 3.05) is 25.1 Å². The summed E-state index contributed by atoms with van der Waals surface area (Å²) < 4.78 is 31.1. The van der Waals surface area contributed by atoms with Crippen LogP contribution in [0.2, 0.25) is 0 Å². The van der Waals surface area contributed by atoms with Crippen LogP contribution >= 0.6 is 0 Å². The number of nitrogens with one attached hydrogen (secondary N) is 2. The molecule has 0 aromatic heterocycles. The van der Waals surface area contributed by atoms with Crippen molar-refractivity contribution in [3.05, 3.63) is 29.8 Å². The predicted octanol–water partition coefficient (Wildman–Crippen LogP) is 1.87. The fourth-order valence-electron chi connectivity index (χ4n) is 1.73. The highest BCUT2D eigenvalue weighted by Gasteiger charge is 2.21. The van der Waals surface area contributed by atoms with E-state index in [1.807, 2.05) is 0 Å². The molecule has 1 unspecified atom stereocenters. The summed E-state index contributed by atoms with van der Waals surface area (Å²) in [4.78, 5) is 11.5. The standard InChI is InChI=1S/C14H18F2N2O3/c15-10-3-11(16)5-12(4-10)18-14(20)17-6-13(19)8-21-7-9-1-2-9/h3-5,9,13,19H,1-2,6-8H2,(H2,17,18,20). The van der Waals surface area contributed by atoms with Gasteiger partial charge in [-0.3, -0.25) is 0 Å². The zero-order valence-electron chi connectivity index (χ0n) is 11.4. The molecule has 2 rings (SSSR count). The Morgan fingerprint density at radius 2 is 2.00 bits per heavy atom. The molecule has 2 amide bonds. The summed E-state index contributed by atoms with van der Waals surface area (Å²) in [5.74, 6) is -0.950. The summed E-state index contributed by atoms with van der Waals surface area (Å²) in [5.41, 5.74) is 0.00414. The SMILES string of the molecule is O=C(NCC(O)COCC1CC1)Nc1cc(F)cc(F)c1. The van der Waals surface area contributed by atoms with Crippen molar-refractivity contribution in [3.8, 4) is 0 Å². The summed E-state index contributed by atoms with van der Waals surface area (Å²) in [6.07, 6.45) is 1.51. The normalized spacial score (nSPS) is 15.6. The lowest BCUT2D eigenvalue weighted by molar-refractivity contribution is 0.0339. The second-order valence-electron chi connectivity index (χ2n) is 5.13. The second-order valence-corrected chi connectivity index (χ2v) is 5.13. The van der Waals surface area contributed by atoms with E-state index >= 15 is 0 Å². The first kappa shape index (κ1) is 15.7. The van der Waals surface area contributed by atoms with Crippen molar-refractivity contribution < 1.29 is 23.4 Å². The molecule has 21 heavy (non-hydrogen) atoms. The summed E-state index contributed by atoms with van der Waals surface area (Å²) in [5, 5.41) is 14.3. The number of urea groups is 1. The maximum absolute atomic E-state index is 12.9. The number of ether oxygens (including phenoxy) is 1. The summed E-state index contributed by atoms with van der Waals surface area (Å²) in [6, 6.07) is 2.06. The van der Waals surface area contributed by atoms with Gasteiger partial charge in [-0.05, 0) is 30.9 Å². The number of anilines is 1. The lowest BCUT2D eigenvalue weighted by Gasteiger charge is -2.13. The molecule has 1 aliphatic carbocycles. The lowest BCUT2D eigenvalue weighted by atomic mass is 10.3. The number of halogens is 2. The molecule has 1 saturated carbocycles. The van der Waals surface area contributed by atoms with Crippen LogP contribution in [0, 0.1) is 17.6 Å². The number of hydrogen-bond acceptors (Lipinski definition) is 3. The molecular formula is C14H18F2N2O3. The van der Waals surface area contributed by atoms with Crippen LogP contribution in [-0.4, -0.2) is 37.0 Å². The highest BCUT2D eigenvalue weighted by atomic mass is 19.1. The fourth-order valence-corrected chi connectivity index (χ4v) is 1.73. The van der Waals surface area contributed by atoms with Gasteiger partial charge in [-0.15, -0.1) is 0 Å². The van der Waals surface area contributed by atoms with E-state index in [1.54, 1.807) is 0 Å². The molecule has 1 aromatic carbocycles. The van der Waals surface area contributed by atoms with E-state index in [4.69, 9.17) is 4.74 Å². The Morgan fingerprint density at radius 1 is 1.33 bits per heavy atom. The van der Waals surface area contributed by atoms with E-state index in [2.05, 4.69) is 10.6 Å². The first-order chi connectivity index (χ1) is 10.0. The van der Waals surface area contributed by atoms with Gasteiger partial charge in [0.1, 0.15) is 11.6 Å². The van der Waals surface area contributed by atoms with Crippen LogP contribution in [0.4, 0.5) is 19.3 Å². The van der Waals surface area contributed by atoms with Crippen LogP contribution in [0.3, 0.4) is 0 Å². The van der Waals surface area contributed by atoms with E-state index < -0.39 is 23.8 Å². The zero-order valence-corrected chi connectivity index (χ0v) is 11.4. The third-order valence-corrected chi connectivity index (χ3v) is 2.98. The fraction of sp³-hybridized carbons (Fsp3) is 0.500. The molecule has 0 heterocycles. The Bertz CT molecular complexity index is 475. The monoisotopic (exact) mass is 300 g/mol. The first-order valence-electron chi connectivity index (χ1n) is 6.79. The van der Waals surface area contributed by atoms with Crippen LogP contribution in [0.5, 0.6) is 0 Å². The van der Waals surface area contributed by atoms with Crippen LogP contribution in [-0.2, 0) is 4.74 Å². The highest BCUT2D eigenvalue weighted by molar-refractivity contribution is 5.89. The number of carbonyl (C=O) groups is 1. The Kier molecular flexibility index (Phi) is 5.46. The van der Waals surface area contributed by atoms with E-state index in [0.717, 1.165) is 12.1 Å². The van der Waals surface area contributed by atoms with Crippen molar-refractivity contribution in [1.29, 1.82) is 0 Å². The van der Waals surface area contributed by atoms with E-state index in [9.17, 15) is 18.7 Å². The van der Waals surface area contributed by atoms with Gasteiger partial charge in [-0.1, -0.05) is 0 Å². The number of aliphatic hydroxyl groups is 1. The average molecular weight is 300 g/mol. The molecule has 1 atom stereocenters. The van der Waals surface area contributed by atoms with Gasteiger partial charge < -0.3 is 20.5 Å². The Hall–Kier alpha value is -1.73. The summed E-state index contributed by atoms with van der Waals surface area (Å²) in [6.45, 7) is 0.769. The zero-order chi connectivity index (χ0) is 15.2. The molecule has 7 heteroatoms. The van der Waals surface area contributed by atoms with Gasteiger partial charge in [0.25, 0.3) is 0 Å².